The molecule has 0 radical (unpaired) electrons. The van der Waals surface area contributed by atoms with Crippen molar-refractivity contribution >= 4 is 11.7 Å². The van der Waals surface area contributed by atoms with Gasteiger partial charge in [-0.1, -0.05) is 12.1 Å². The molecule has 1 aromatic rings. The van der Waals surface area contributed by atoms with Gasteiger partial charge in [0, 0.05) is 25.7 Å². The summed E-state index contributed by atoms with van der Waals surface area (Å²) in [5.74, 6) is -0.783. The van der Waals surface area contributed by atoms with Crippen molar-refractivity contribution in [2.45, 2.75) is 12.3 Å². The minimum absolute atomic E-state index is 0.389. The molecule has 1 aliphatic heterocycles. The predicted molar refractivity (Wildman–Crippen MR) is 70.1 cm³/mol. The number of rotatable bonds is 5. The second-order valence-electron chi connectivity index (χ2n) is 5.02. The van der Waals surface area contributed by atoms with Crippen LogP contribution in [0.2, 0.25) is 0 Å². The standard InChI is InChI=1S/C14H19NO3/c1-15(2)12-5-3-11(4-6-12)13(14(16)17)7-10-8-18-9-10/h3-6,10,13H,7-9H2,1-2H3,(H,16,17). The number of carboxylic acids is 1. The normalized spacial score (nSPS) is 17.0. The van der Waals surface area contributed by atoms with Crippen LogP contribution >= 0.6 is 0 Å². The second kappa shape index (κ2) is 5.40. The molecule has 0 amide bonds. The Labute approximate surface area is 107 Å². The van der Waals surface area contributed by atoms with Crippen LogP contribution in [0.4, 0.5) is 5.69 Å². The highest BCUT2D eigenvalue weighted by molar-refractivity contribution is 5.76. The Morgan fingerprint density at radius 2 is 2.00 bits per heavy atom. The van der Waals surface area contributed by atoms with Crippen molar-refractivity contribution in [3.63, 3.8) is 0 Å². The predicted octanol–water partition coefficient (Wildman–Crippen LogP) is 1.96. The van der Waals surface area contributed by atoms with Gasteiger partial charge < -0.3 is 14.7 Å². The number of aliphatic carboxylic acids is 1. The largest absolute Gasteiger partial charge is 0.481 e. The van der Waals surface area contributed by atoms with Gasteiger partial charge in [0.2, 0.25) is 0 Å². The van der Waals surface area contributed by atoms with E-state index >= 15 is 0 Å². The molecule has 4 nitrogen and oxygen atoms in total. The summed E-state index contributed by atoms with van der Waals surface area (Å²) in [4.78, 5) is 13.3. The first-order valence-corrected chi connectivity index (χ1v) is 6.15. The summed E-state index contributed by atoms with van der Waals surface area (Å²) in [6.07, 6.45) is 0.663. The van der Waals surface area contributed by atoms with Crippen LogP contribution in [0.25, 0.3) is 0 Å². The van der Waals surface area contributed by atoms with Crippen LogP contribution in [0, 0.1) is 5.92 Å². The van der Waals surface area contributed by atoms with E-state index in [0.717, 1.165) is 11.3 Å². The lowest BCUT2D eigenvalue weighted by atomic mass is 9.88. The van der Waals surface area contributed by atoms with Gasteiger partial charge in [0.05, 0.1) is 19.1 Å². The minimum Gasteiger partial charge on any atom is -0.481 e. The van der Waals surface area contributed by atoms with Crippen molar-refractivity contribution < 1.29 is 14.6 Å². The average Bonchev–Trinajstić information content (AvgIpc) is 2.27. The quantitative estimate of drug-likeness (QED) is 0.866. The molecular weight excluding hydrogens is 230 g/mol. The Morgan fingerprint density at radius 1 is 1.39 bits per heavy atom. The third-order valence-corrected chi connectivity index (χ3v) is 3.39. The maximum Gasteiger partial charge on any atom is 0.310 e. The summed E-state index contributed by atoms with van der Waals surface area (Å²) in [5, 5.41) is 9.32. The van der Waals surface area contributed by atoms with Crippen LogP contribution < -0.4 is 4.90 Å². The van der Waals surface area contributed by atoms with Crippen molar-refractivity contribution in [1.29, 1.82) is 0 Å². The van der Waals surface area contributed by atoms with Gasteiger partial charge in [-0.05, 0) is 24.1 Å². The van der Waals surface area contributed by atoms with Crippen LogP contribution in [-0.4, -0.2) is 38.4 Å². The molecule has 18 heavy (non-hydrogen) atoms. The van der Waals surface area contributed by atoms with Gasteiger partial charge in [-0.2, -0.15) is 0 Å². The number of nitrogens with zero attached hydrogens (tertiary/aromatic N) is 1. The number of anilines is 1. The fourth-order valence-corrected chi connectivity index (χ4v) is 2.14. The molecule has 98 valence electrons. The summed E-state index contributed by atoms with van der Waals surface area (Å²) in [5.41, 5.74) is 1.95. The van der Waals surface area contributed by atoms with E-state index in [9.17, 15) is 9.90 Å². The third-order valence-electron chi connectivity index (χ3n) is 3.39. The fourth-order valence-electron chi connectivity index (χ4n) is 2.14. The van der Waals surface area contributed by atoms with Crippen LogP contribution in [0.1, 0.15) is 17.9 Å². The van der Waals surface area contributed by atoms with E-state index in [2.05, 4.69) is 0 Å². The Kier molecular flexibility index (Phi) is 3.87. The Hall–Kier alpha value is -1.55. The summed E-state index contributed by atoms with van der Waals surface area (Å²) in [6, 6.07) is 7.74. The molecule has 0 spiro atoms. The molecule has 1 heterocycles. The smallest absolute Gasteiger partial charge is 0.310 e. The first-order chi connectivity index (χ1) is 8.58. The zero-order valence-corrected chi connectivity index (χ0v) is 10.8. The molecule has 2 rings (SSSR count). The molecule has 1 saturated heterocycles. The molecule has 1 aliphatic rings. The first-order valence-electron chi connectivity index (χ1n) is 6.15. The molecule has 1 N–H and O–H groups in total. The molecule has 0 saturated carbocycles. The third kappa shape index (κ3) is 2.82. The summed E-state index contributed by atoms with van der Waals surface area (Å²) < 4.78 is 5.10. The molecule has 1 atom stereocenters. The van der Waals surface area contributed by atoms with E-state index in [1.807, 2.05) is 43.3 Å². The second-order valence-corrected chi connectivity index (χ2v) is 5.02. The number of carbonyl (C=O) groups is 1. The lowest BCUT2D eigenvalue weighted by Gasteiger charge is -2.28. The van der Waals surface area contributed by atoms with Crippen LogP contribution in [0.15, 0.2) is 24.3 Å². The molecule has 0 aromatic heterocycles. The van der Waals surface area contributed by atoms with Gasteiger partial charge in [-0.15, -0.1) is 0 Å². The van der Waals surface area contributed by atoms with E-state index in [0.29, 0.717) is 25.6 Å². The minimum atomic E-state index is -0.750. The lowest BCUT2D eigenvalue weighted by molar-refractivity contribution is -0.140. The van der Waals surface area contributed by atoms with Gasteiger partial charge in [0.25, 0.3) is 0 Å². The Balaban J connectivity index is 2.11. The number of hydrogen-bond acceptors (Lipinski definition) is 3. The van der Waals surface area contributed by atoms with Crippen molar-refractivity contribution in [2.24, 2.45) is 5.92 Å². The fraction of sp³-hybridized carbons (Fsp3) is 0.500. The molecule has 0 bridgehead atoms. The number of carboxylic acid groups (broad SMARTS) is 1. The Bertz CT molecular complexity index is 410. The number of hydrogen-bond donors (Lipinski definition) is 1. The zero-order valence-electron chi connectivity index (χ0n) is 10.8. The maximum atomic E-state index is 11.3. The van der Waals surface area contributed by atoms with Crippen LogP contribution in [-0.2, 0) is 9.53 Å². The van der Waals surface area contributed by atoms with E-state index < -0.39 is 11.9 Å². The van der Waals surface area contributed by atoms with Gasteiger partial charge in [0.1, 0.15) is 0 Å². The molecule has 0 aliphatic carbocycles. The molecular formula is C14H19NO3. The monoisotopic (exact) mass is 249 g/mol. The van der Waals surface area contributed by atoms with Crippen molar-refractivity contribution in [3.8, 4) is 0 Å². The van der Waals surface area contributed by atoms with E-state index in [-0.39, 0.29) is 0 Å². The molecule has 1 unspecified atom stereocenters. The number of benzene rings is 1. The molecule has 1 aromatic carbocycles. The summed E-state index contributed by atoms with van der Waals surface area (Å²) >= 11 is 0. The SMILES string of the molecule is CN(C)c1ccc(C(CC2COC2)C(=O)O)cc1. The highest BCUT2D eigenvalue weighted by Crippen LogP contribution is 2.29. The number of ether oxygens (including phenoxy) is 1. The van der Waals surface area contributed by atoms with Gasteiger partial charge in [0.15, 0.2) is 0 Å². The summed E-state index contributed by atoms with van der Waals surface area (Å²) in [6.45, 7) is 1.39. The first kappa shape index (κ1) is 12.9. The molecule has 1 fully saturated rings. The van der Waals surface area contributed by atoms with Crippen molar-refractivity contribution in [3.05, 3.63) is 29.8 Å². The van der Waals surface area contributed by atoms with Crippen LogP contribution in [0.5, 0.6) is 0 Å². The Morgan fingerprint density at radius 3 is 2.39 bits per heavy atom. The highest BCUT2D eigenvalue weighted by atomic mass is 16.5. The average molecular weight is 249 g/mol. The van der Waals surface area contributed by atoms with E-state index in [1.165, 1.54) is 0 Å². The van der Waals surface area contributed by atoms with Crippen molar-refractivity contribution in [1.82, 2.24) is 0 Å². The van der Waals surface area contributed by atoms with Gasteiger partial charge in [-0.3, -0.25) is 4.79 Å². The van der Waals surface area contributed by atoms with E-state index in [4.69, 9.17) is 4.74 Å². The topological polar surface area (TPSA) is 49.8 Å². The van der Waals surface area contributed by atoms with Crippen LogP contribution in [0.3, 0.4) is 0 Å². The highest BCUT2D eigenvalue weighted by Gasteiger charge is 2.28. The van der Waals surface area contributed by atoms with Crippen molar-refractivity contribution in [2.75, 3.05) is 32.2 Å². The molecule has 4 heteroatoms. The summed E-state index contributed by atoms with van der Waals surface area (Å²) in [7, 11) is 3.94. The van der Waals surface area contributed by atoms with Gasteiger partial charge >= 0.3 is 5.97 Å². The van der Waals surface area contributed by atoms with E-state index in [1.54, 1.807) is 0 Å². The van der Waals surface area contributed by atoms with Gasteiger partial charge in [-0.25, -0.2) is 0 Å². The zero-order chi connectivity index (χ0) is 13.1. The maximum absolute atomic E-state index is 11.3. The lowest BCUT2D eigenvalue weighted by Crippen LogP contribution is -2.30.